The molecule has 38 heavy (non-hydrogen) atoms. The van der Waals surface area contributed by atoms with E-state index in [9.17, 15) is 0 Å². The molecule has 4 aromatic carbocycles. The number of hydrogen-bond acceptors (Lipinski definition) is 2. The summed E-state index contributed by atoms with van der Waals surface area (Å²) in [5.74, 6) is 0. The molecule has 0 atom stereocenters. The topological polar surface area (TPSA) is 35.6 Å². The minimum absolute atomic E-state index is 0. The minimum atomic E-state index is 0. The van der Waals surface area contributed by atoms with Gasteiger partial charge in [0.05, 0.1) is 12.7 Å². The van der Waals surface area contributed by atoms with Gasteiger partial charge in [-0.05, 0) is 0 Å². The maximum absolute atomic E-state index is 4.05. The first-order valence-corrected chi connectivity index (χ1v) is 16.0. The third-order valence-electron chi connectivity index (χ3n) is 4.88. The van der Waals surface area contributed by atoms with E-state index < -0.39 is 0 Å². The van der Waals surface area contributed by atoms with Crippen LogP contribution in [0.25, 0.3) is 32.9 Å². The van der Waals surface area contributed by atoms with E-state index in [0.717, 1.165) is 12.8 Å². The zero-order chi connectivity index (χ0) is 26.2. The predicted octanol–water partition coefficient (Wildman–Crippen LogP) is 8.41. The van der Waals surface area contributed by atoms with Crippen LogP contribution in [0.1, 0.15) is 26.7 Å². The molecule has 0 spiro atoms. The van der Waals surface area contributed by atoms with Crippen molar-refractivity contribution in [3.63, 3.8) is 0 Å². The van der Waals surface area contributed by atoms with Gasteiger partial charge in [0, 0.05) is 36.2 Å². The molecule has 2 aromatic heterocycles. The maximum atomic E-state index is 4.05. The molecule has 0 saturated heterocycles. The van der Waals surface area contributed by atoms with Crippen molar-refractivity contribution in [3.05, 3.63) is 124 Å². The first kappa shape index (κ1) is 35.8. The average Bonchev–Trinajstić information content (AvgIpc) is 3.73. The Bertz CT molecular complexity index is 1270. The van der Waals surface area contributed by atoms with Gasteiger partial charge in [-0.1, -0.05) is 26.0 Å². The van der Waals surface area contributed by atoms with Crippen molar-refractivity contribution in [1.29, 1.82) is 0 Å². The van der Waals surface area contributed by atoms with Gasteiger partial charge in [-0.25, -0.2) is 9.97 Å². The van der Waals surface area contributed by atoms with Gasteiger partial charge in [0.1, 0.15) is 0 Å². The van der Waals surface area contributed by atoms with Crippen LogP contribution in [0.5, 0.6) is 0 Å². The zero-order valence-electron chi connectivity index (χ0n) is 21.8. The van der Waals surface area contributed by atoms with Crippen LogP contribution in [0, 0.1) is 13.8 Å². The number of fused-ring (bicyclic) bond motifs is 2. The number of aromatic nitrogens is 4. The Kier molecular flexibility index (Phi) is 19.5. The monoisotopic (exact) mass is 638 g/mol. The number of nitrogens with zero attached hydrogens (tertiary/aromatic N) is 4. The standard InChI is InChI=1S/2C12H9N2.2C3H7.2ClH.Si.Zr/c2*1-3-10-4-2-6-12(11(10)5-1)14-8-7-13-9-14;2*1-3-2;;;;/h2*1-9H;2*1,3H2,2H3;2*1H;;/q4*-1;;;;. The smallest absolute Gasteiger partial charge is 0.0984 e. The van der Waals surface area contributed by atoms with Gasteiger partial charge in [0.2, 0.25) is 0 Å². The molecule has 0 amide bonds. The molecule has 0 aliphatic carbocycles. The Morgan fingerprint density at radius 2 is 1.08 bits per heavy atom. The van der Waals surface area contributed by atoms with Gasteiger partial charge in [-0.15, -0.1) is 82.8 Å². The molecule has 0 unspecified atom stereocenters. The number of rotatable bonds is 2. The fraction of sp³-hybridized carbons (Fsp3) is 0.133. The van der Waals surface area contributed by atoms with Crippen LogP contribution >= 0.6 is 24.8 Å². The van der Waals surface area contributed by atoms with Crippen molar-refractivity contribution in [2.75, 3.05) is 0 Å². The number of benzene rings is 2. The van der Waals surface area contributed by atoms with Crippen LogP contribution in [0.3, 0.4) is 0 Å². The van der Waals surface area contributed by atoms with E-state index in [0.29, 0.717) is 0 Å². The molecule has 200 valence electrons. The fourth-order valence-corrected chi connectivity index (χ4v) is 3.54. The molecule has 2 radical (unpaired) electrons. The van der Waals surface area contributed by atoms with Crippen molar-refractivity contribution in [3.8, 4) is 11.4 Å². The second-order valence-corrected chi connectivity index (χ2v) is 7.55. The molecular formula is C30H34Cl2N4SiZr-4. The summed E-state index contributed by atoms with van der Waals surface area (Å²) in [6.07, 6.45) is 13.1. The zero-order valence-corrected chi connectivity index (χ0v) is 26.9. The summed E-state index contributed by atoms with van der Waals surface area (Å²) in [5, 5.41) is 5.09. The van der Waals surface area contributed by atoms with Crippen LogP contribution in [-0.4, -0.2) is 26.0 Å². The molecular weight excluding hydrogens is 607 g/mol. The number of halogens is 2. The Morgan fingerprint density at radius 3 is 1.39 bits per heavy atom. The van der Waals surface area contributed by atoms with Gasteiger partial charge in [0.15, 0.2) is 0 Å². The van der Waals surface area contributed by atoms with Crippen LogP contribution < -0.4 is 0 Å². The van der Waals surface area contributed by atoms with Crippen LogP contribution in [0.15, 0.2) is 110 Å². The third-order valence-corrected chi connectivity index (χ3v) is 4.88. The van der Waals surface area contributed by atoms with Crippen LogP contribution in [-0.2, 0) is 23.3 Å². The Hall–Kier alpha value is -2.24. The summed E-state index contributed by atoms with van der Waals surface area (Å²) in [4.78, 5) is 8.11. The van der Waals surface area contributed by atoms with E-state index >= 15 is 0 Å². The van der Waals surface area contributed by atoms with Gasteiger partial charge >= 0.3 is 30.2 Å². The molecule has 6 rings (SSSR count). The quantitative estimate of drug-likeness (QED) is 0.141. The molecule has 2 heterocycles. The van der Waals surface area contributed by atoms with Crippen molar-refractivity contribution >= 4 is 53.2 Å². The Morgan fingerprint density at radius 1 is 0.711 bits per heavy atom. The minimum Gasteiger partial charge on any atom is -0.315 e. The first-order valence-electron chi connectivity index (χ1n) is 11.8. The van der Waals surface area contributed by atoms with Crippen LogP contribution in [0.2, 0.25) is 0 Å². The normalized spacial score (nSPS) is 9.03. The molecule has 8 heteroatoms. The molecule has 4 nitrogen and oxygen atoms in total. The molecule has 0 aliphatic heterocycles. The van der Waals surface area contributed by atoms with Gasteiger partial charge in [-0.3, -0.25) is 0 Å². The second-order valence-electron chi connectivity index (χ2n) is 7.55. The second kappa shape index (κ2) is 20.7. The van der Waals surface area contributed by atoms with E-state index in [4.69, 9.17) is 0 Å². The fourth-order valence-electron chi connectivity index (χ4n) is 3.54. The van der Waals surface area contributed by atoms with Gasteiger partial charge < -0.3 is 23.0 Å². The summed E-state index contributed by atoms with van der Waals surface area (Å²) in [6, 6.07) is 25.2. The van der Waals surface area contributed by atoms with E-state index in [1.54, 1.807) is 12.4 Å². The largest absolute Gasteiger partial charge is 0.315 e. The van der Waals surface area contributed by atoms with Crippen molar-refractivity contribution in [1.82, 2.24) is 19.1 Å². The summed E-state index contributed by atoms with van der Waals surface area (Å²) in [6.45, 7) is 14.1. The van der Waals surface area contributed by atoms with E-state index in [-0.39, 0.29) is 24.8 Å². The average molecular weight is 641 g/mol. The Balaban J connectivity index is 0.000000546. The van der Waals surface area contributed by atoms with E-state index in [1.165, 1.54) is 56.3 Å². The summed E-state index contributed by atoms with van der Waals surface area (Å²) in [5.41, 5.74) is 2.37. The number of imidazole rings is 2. The molecule has 0 aliphatic rings. The first-order chi connectivity index (χ1) is 17.7. The van der Waals surface area contributed by atoms with Crippen molar-refractivity contribution < 1.29 is 23.3 Å². The van der Waals surface area contributed by atoms with Crippen LogP contribution in [0.4, 0.5) is 0 Å². The Labute approximate surface area is 256 Å². The van der Waals surface area contributed by atoms with Gasteiger partial charge in [-0.2, -0.15) is 37.1 Å². The maximum Gasteiger partial charge on any atom is 0.0984 e. The van der Waals surface area contributed by atoms with E-state index in [2.05, 4.69) is 103 Å². The summed E-state index contributed by atoms with van der Waals surface area (Å²) in [7, 11) is 0. The molecule has 6 aromatic rings. The SMILES string of the molecule is Cl.Cl.[CH2-]CC.[CH2-]CC.[Si]=[Zr].c1cc(-n2ccnc2)c2cc[cH-]c2c1.c1cc(-n2ccnc2)c2cc[cH-]c2c1. The van der Waals surface area contributed by atoms with Crippen molar-refractivity contribution in [2.45, 2.75) is 26.7 Å². The molecule has 0 N–H and O–H groups in total. The third kappa shape index (κ3) is 10.1. The number of hydrogen-bond donors (Lipinski definition) is 0. The molecule has 0 bridgehead atoms. The summed E-state index contributed by atoms with van der Waals surface area (Å²) < 4.78 is 4.06. The molecule has 0 saturated carbocycles. The molecule has 0 fully saturated rings. The summed E-state index contributed by atoms with van der Waals surface area (Å²) >= 11 is 1.36. The van der Waals surface area contributed by atoms with Gasteiger partial charge in [0.25, 0.3) is 0 Å². The van der Waals surface area contributed by atoms with E-state index in [1.807, 2.05) is 48.0 Å². The predicted molar refractivity (Wildman–Crippen MR) is 165 cm³/mol. The van der Waals surface area contributed by atoms with Crippen molar-refractivity contribution in [2.24, 2.45) is 0 Å².